The quantitative estimate of drug-likeness (QED) is 0.683. The van der Waals surface area contributed by atoms with E-state index in [1.54, 1.807) is 18.3 Å². The summed E-state index contributed by atoms with van der Waals surface area (Å²) in [6.45, 7) is 0.365. The first-order valence-electron chi connectivity index (χ1n) is 7.07. The molecule has 0 saturated heterocycles. The number of carbonyl (C=O) groups excluding carboxylic acids is 1. The van der Waals surface area contributed by atoms with Gasteiger partial charge in [-0.3, -0.25) is 4.79 Å². The van der Waals surface area contributed by atoms with Gasteiger partial charge >= 0.3 is 0 Å². The van der Waals surface area contributed by atoms with Crippen LogP contribution in [0.4, 0.5) is 4.39 Å². The molecule has 0 radical (unpaired) electrons. The number of phenolic OH excluding ortho intramolecular Hbond substituents is 1. The van der Waals surface area contributed by atoms with Crippen LogP contribution in [-0.2, 0) is 6.42 Å². The topological polar surface area (TPSA) is 65.1 Å². The summed E-state index contributed by atoms with van der Waals surface area (Å²) < 4.78 is 13.3. The van der Waals surface area contributed by atoms with Crippen LogP contribution in [0.3, 0.4) is 0 Å². The summed E-state index contributed by atoms with van der Waals surface area (Å²) in [7, 11) is 0. The molecule has 3 N–H and O–H groups in total. The van der Waals surface area contributed by atoms with Gasteiger partial charge in [-0.05, 0) is 48.4 Å². The number of fused-ring (bicyclic) bond motifs is 1. The highest BCUT2D eigenvalue weighted by atomic mass is 35.5. The third-order valence-electron chi connectivity index (χ3n) is 3.61. The van der Waals surface area contributed by atoms with E-state index in [4.69, 9.17) is 11.6 Å². The fraction of sp³-hybridized carbons (Fsp3) is 0.118. The monoisotopic (exact) mass is 332 g/mol. The van der Waals surface area contributed by atoms with E-state index < -0.39 is 0 Å². The van der Waals surface area contributed by atoms with Crippen LogP contribution in [-0.4, -0.2) is 22.5 Å². The van der Waals surface area contributed by atoms with Gasteiger partial charge in [-0.25, -0.2) is 4.39 Å². The van der Waals surface area contributed by atoms with Crippen molar-refractivity contribution in [2.24, 2.45) is 0 Å². The van der Waals surface area contributed by atoms with Crippen molar-refractivity contribution in [1.29, 1.82) is 0 Å². The first-order chi connectivity index (χ1) is 11.0. The van der Waals surface area contributed by atoms with E-state index in [2.05, 4.69) is 10.3 Å². The number of halogens is 2. The van der Waals surface area contributed by atoms with Crippen LogP contribution in [0.5, 0.6) is 5.75 Å². The number of aromatic hydroxyl groups is 1. The van der Waals surface area contributed by atoms with Crippen molar-refractivity contribution in [3.8, 4) is 5.75 Å². The zero-order chi connectivity index (χ0) is 16.4. The first kappa shape index (κ1) is 15.4. The lowest BCUT2D eigenvalue weighted by Gasteiger charge is -2.07. The fourth-order valence-electron chi connectivity index (χ4n) is 2.46. The van der Waals surface area contributed by atoms with Crippen LogP contribution in [0.1, 0.15) is 15.9 Å². The molecule has 2 aromatic carbocycles. The lowest BCUT2D eigenvalue weighted by atomic mass is 10.1. The Labute approximate surface area is 136 Å². The normalized spacial score (nSPS) is 10.9. The lowest BCUT2D eigenvalue weighted by Crippen LogP contribution is -2.25. The second kappa shape index (κ2) is 6.30. The largest absolute Gasteiger partial charge is 0.507 e. The highest BCUT2D eigenvalue weighted by Gasteiger charge is 2.11. The molecule has 0 aliphatic rings. The number of hydrogen-bond donors (Lipinski definition) is 3. The molecular formula is C17H14ClFN2O2. The number of amides is 1. The van der Waals surface area contributed by atoms with E-state index in [0.29, 0.717) is 18.0 Å². The van der Waals surface area contributed by atoms with Crippen LogP contribution >= 0.6 is 11.6 Å². The maximum atomic E-state index is 13.3. The van der Waals surface area contributed by atoms with Gasteiger partial charge in [0.15, 0.2) is 0 Å². The van der Waals surface area contributed by atoms with Gasteiger partial charge in [0, 0.05) is 28.7 Å². The molecule has 1 aromatic heterocycles. The number of H-pyrrole nitrogens is 1. The molecule has 118 valence electrons. The molecule has 0 bridgehead atoms. The summed E-state index contributed by atoms with van der Waals surface area (Å²) in [6, 6.07) is 8.87. The molecule has 3 rings (SSSR count). The minimum Gasteiger partial charge on any atom is -0.507 e. The summed E-state index contributed by atoms with van der Waals surface area (Å²) >= 11 is 5.74. The zero-order valence-corrected chi connectivity index (χ0v) is 12.8. The van der Waals surface area contributed by atoms with Crippen molar-refractivity contribution in [1.82, 2.24) is 10.3 Å². The third kappa shape index (κ3) is 3.29. The Morgan fingerprint density at radius 2 is 2.09 bits per heavy atom. The Bertz CT molecular complexity index is 876. The summed E-state index contributed by atoms with van der Waals surface area (Å²) in [5.74, 6) is -0.845. The van der Waals surface area contributed by atoms with Gasteiger partial charge in [-0.15, -0.1) is 0 Å². The van der Waals surface area contributed by atoms with E-state index in [9.17, 15) is 14.3 Å². The van der Waals surface area contributed by atoms with E-state index in [1.165, 1.54) is 24.3 Å². The minimum absolute atomic E-state index is 0.163. The van der Waals surface area contributed by atoms with Crippen LogP contribution in [0.15, 0.2) is 42.6 Å². The predicted octanol–water partition coefficient (Wildman–Crippen LogP) is 3.64. The molecule has 0 unspecified atom stereocenters. The summed E-state index contributed by atoms with van der Waals surface area (Å²) in [5.41, 5.74) is 1.93. The Morgan fingerprint density at radius 1 is 1.26 bits per heavy atom. The van der Waals surface area contributed by atoms with Crippen molar-refractivity contribution in [2.75, 3.05) is 6.54 Å². The molecule has 4 nitrogen and oxygen atoms in total. The molecule has 0 fully saturated rings. The van der Waals surface area contributed by atoms with Gasteiger partial charge in [0.25, 0.3) is 5.91 Å². The number of carbonyl (C=O) groups is 1. The van der Waals surface area contributed by atoms with Crippen molar-refractivity contribution in [3.63, 3.8) is 0 Å². The molecule has 0 spiro atoms. The lowest BCUT2D eigenvalue weighted by molar-refractivity contribution is 0.0951. The Morgan fingerprint density at radius 3 is 2.87 bits per heavy atom. The molecule has 1 heterocycles. The van der Waals surface area contributed by atoms with Gasteiger partial charge in [0.2, 0.25) is 0 Å². The number of benzene rings is 2. The van der Waals surface area contributed by atoms with E-state index >= 15 is 0 Å². The number of phenols is 1. The van der Waals surface area contributed by atoms with Gasteiger partial charge in [-0.2, -0.15) is 0 Å². The van der Waals surface area contributed by atoms with E-state index in [0.717, 1.165) is 16.5 Å². The average molecular weight is 333 g/mol. The second-order valence-corrected chi connectivity index (χ2v) is 5.61. The highest BCUT2D eigenvalue weighted by molar-refractivity contribution is 6.30. The molecule has 1 amide bonds. The molecule has 23 heavy (non-hydrogen) atoms. The molecule has 0 atom stereocenters. The SMILES string of the molecule is O=C(NCCc1c[nH]c2ccc(F)cc12)c1ccc(Cl)cc1O. The molecule has 3 aromatic rings. The average Bonchev–Trinajstić information content (AvgIpc) is 2.89. The maximum absolute atomic E-state index is 13.3. The van der Waals surface area contributed by atoms with Crippen LogP contribution in [0.2, 0.25) is 5.02 Å². The Balaban J connectivity index is 1.66. The Hall–Kier alpha value is -2.53. The number of aromatic nitrogens is 1. The number of rotatable bonds is 4. The van der Waals surface area contributed by atoms with Crippen molar-refractivity contribution >= 4 is 28.4 Å². The Kier molecular flexibility index (Phi) is 4.21. The molecule has 0 saturated carbocycles. The highest BCUT2D eigenvalue weighted by Crippen LogP contribution is 2.22. The summed E-state index contributed by atoms with van der Waals surface area (Å²) in [6.07, 6.45) is 2.35. The zero-order valence-electron chi connectivity index (χ0n) is 12.1. The maximum Gasteiger partial charge on any atom is 0.255 e. The predicted molar refractivity (Wildman–Crippen MR) is 87.4 cm³/mol. The third-order valence-corrected chi connectivity index (χ3v) is 3.85. The van der Waals surface area contributed by atoms with Gasteiger partial charge in [-0.1, -0.05) is 11.6 Å². The molecule has 6 heteroatoms. The number of aromatic amines is 1. The molecule has 0 aliphatic heterocycles. The molecular weight excluding hydrogens is 319 g/mol. The van der Waals surface area contributed by atoms with Gasteiger partial charge < -0.3 is 15.4 Å². The smallest absolute Gasteiger partial charge is 0.255 e. The minimum atomic E-state index is -0.384. The first-order valence-corrected chi connectivity index (χ1v) is 7.44. The van der Waals surface area contributed by atoms with Gasteiger partial charge in [0.05, 0.1) is 5.56 Å². The number of nitrogens with one attached hydrogen (secondary N) is 2. The fourth-order valence-corrected chi connectivity index (χ4v) is 2.63. The van der Waals surface area contributed by atoms with Crippen molar-refractivity contribution in [2.45, 2.75) is 6.42 Å². The van der Waals surface area contributed by atoms with Crippen molar-refractivity contribution < 1.29 is 14.3 Å². The summed E-state index contributed by atoms with van der Waals surface area (Å²) in [4.78, 5) is 15.1. The number of hydrogen-bond acceptors (Lipinski definition) is 2. The summed E-state index contributed by atoms with van der Waals surface area (Å²) in [5, 5.41) is 13.6. The van der Waals surface area contributed by atoms with Crippen molar-refractivity contribution in [3.05, 3.63) is 64.6 Å². The molecule has 0 aliphatic carbocycles. The van der Waals surface area contributed by atoms with Crippen LogP contribution < -0.4 is 5.32 Å². The van der Waals surface area contributed by atoms with E-state index in [1.807, 2.05) is 0 Å². The van der Waals surface area contributed by atoms with Gasteiger partial charge in [0.1, 0.15) is 11.6 Å². The standard InChI is InChI=1S/C17H14ClFN2O2/c18-11-1-3-13(16(22)7-11)17(23)20-6-5-10-9-21-15-4-2-12(19)8-14(10)15/h1-4,7-9,21-22H,5-6H2,(H,20,23). The van der Waals surface area contributed by atoms with Crippen LogP contribution in [0.25, 0.3) is 10.9 Å². The van der Waals surface area contributed by atoms with Crippen LogP contribution in [0, 0.1) is 5.82 Å². The van der Waals surface area contributed by atoms with E-state index in [-0.39, 0.29) is 23.0 Å². The second-order valence-electron chi connectivity index (χ2n) is 5.17.